The number of amides is 1. The van der Waals surface area contributed by atoms with Crippen LogP contribution in [0.5, 0.6) is 5.75 Å². The largest absolute Gasteiger partial charge is 0.496 e. The number of aromatic nitrogens is 2. The molecule has 6 nitrogen and oxygen atoms in total. The van der Waals surface area contributed by atoms with Gasteiger partial charge in [-0.2, -0.15) is 5.10 Å². The van der Waals surface area contributed by atoms with E-state index in [1.807, 2.05) is 45.9 Å². The second-order valence-electron chi connectivity index (χ2n) is 6.28. The Kier molecular flexibility index (Phi) is 7.71. The van der Waals surface area contributed by atoms with E-state index >= 15 is 0 Å². The number of methoxy groups -OCH3 is 1. The van der Waals surface area contributed by atoms with Gasteiger partial charge in [0.1, 0.15) is 17.9 Å². The summed E-state index contributed by atoms with van der Waals surface area (Å²) < 4.78 is 7.02. The van der Waals surface area contributed by atoms with Crippen LogP contribution in [0.3, 0.4) is 0 Å². The Hall–Kier alpha value is -3.41. The molecular formula is C23H27N3O3. The molecule has 0 aliphatic carbocycles. The molecule has 0 saturated carbocycles. The van der Waals surface area contributed by atoms with Crippen molar-refractivity contribution in [3.63, 3.8) is 0 Å². The van der Waals surface area contributed by atoms with Crippen molar-refractivity contribution >= 4 is 18.0 Å². The molecule has 152 valence electrons. The summed E-state index contributed by atoms with van der Waals surface area (Å²) in [4.78, 5) is 23.5. The van der Waals surface area contributed by atoms with E-state index in [4.69, 9.17) is 4.74 Å². The summed E-state index contributed by atoms with van der Waals surface area (Å²) in [7, 11) is 1.62. The summed E-state index contributed by atoms with van der Waals surface area (Å²) in [5.41, 5.74) is 3.23. The van der Waals surface area contributed by atoms with Crippen LogP contribution in [0.4, 0.5) is 5.82 Å². The van der Waals surface area contributed by atoms with Gasteiger partial charge in [0.25, 0.3) is 0 Å². The van der Waals surface area contributed by atoms with Crippen molar-refractivity contribution in [2.45, 2.75) is 33.6 Å². The Bertz CT molecular complexity index is 962. The fourth-order valence-electron chi connectivity index (χ4n) is 2.79. The number of nitrogens with one attached hydrogen (secondary N) is 1. The Morgan fingerprint density at radius 2 is 1.83 bits per heavy atom. The molecule has 1 N–H and O–H groups in total. The van der Waals surface area contributed by atoms with Gasteiger partial charge in [0.2, 0.25) is 5.91 Å². The number of hydrogen-bond acceptors (Lipinski definition) is 4. The van der Waals surface area contributed by atoms with E-state index in [1.54, 1.807) is 48.3 Å². The standard InChI is InChI=1S/C21H21N3O3.C2H6/c1-14-4-9-18(12-19(14)27-3)24-20(10-11-22-24)23-21(26)15(2)17-7-5-16(13-25)6-8-17;1-2/h4-13,15H,1-3H3,(H,23,26);1-2H3. The van der Waals surface area contributed by atoms with E-state index in [2.05, 4.69) is 10.4 Å². The first-order valence-corrected chi connectivity index (χ1v) is 9.58. The Labute approximate surface area is 171 Å². The molecule has 6 heteroatoms. The number of nitrogens with zero attached hydrogens (tertiary/aromatic N) is 2. The minimum absolute atomic E-state index is 0.158. The van der Waals surface area contributed by atoms with Crippen LogP contribution in [-0.2, 0) is 4.79 Å². The average molecular weight is 393 g/mol. The van der Waals surface area contributed by atoms with Gasteiger partial charge in [0.05, 0.1) is 24.9 Å². The molecule has 1 amide bonds. The van der Waals surface area contributed by atoms with E-state index in [0.717, 1.165) is 28.8 Å². The van der Waals surface area contributed by atoms with Crippen molar-refractivity contribution in [2.24, 2.45) is 0 Å². The quantitative estimate of drug-likeness (QED) is 0.612. The minimum atomic E-state index is -0.374. The second kappa shape index (κ2) is 10.2. The molecule has 1 unspecified atom stereocenters. The van der Waals surface area contributed by atoms with Gasteiger partial charge in [0, 0.05) is 17.7 Å². The van der Waals surface area contributed by atoms with Crippen LogP contribution in [0.1, 0.15) is 48.2 Å². The summed E-state index contributed by atoms with van der Waals surface area (Å²) in [5, 5.41) is 7.23. The maximum absolute atomic E-state index is 12.7. The monoisotopic (exact) mass is 393 g/mol. The highest BCUT2D eigenvalue weighted by Gasteiger charge is 2.17. The molecule has 0 spiro atoms. The summed E-state index contributed by atoms with van der Waals surface area (Å²) >= 11 is 0. The second-order valence-corrected chi connectivity index (χ2v) is 6.28. The Morgan fingerprint density at radius 1 is 1.14 bits per heavy atom. The third kappa shape index (κ3) is 5.10. The van der Waals surface area contributed by atoms with Crippen molar-refractivity contribution in [2.75, 3.05) is 12.4 Å². The van der Waals surface area contributed by atoms with E-state index in [-0.39, 0.29) is 11.8 Å². The highest BCUT2D eigenvalue weighted by Crippen LogP contribution is 2.24. The number of carbonyl (C=O) groups is 2. The molecule has 0 radical (unpaired) electrons. The number of benzene rings is 2. The fraction of sp³-hybridized carbons (Fsp3) is 0.261. The fourth-order valence-corrected chi connectivity index (χ4v) is 2.79. The molecule has 3 rings (SSSR count). The number of carbonyl (C=O) groups excluding carboxylic acids is 2. The van der Waals surface area contributed by atoms with Crippen molar-refractivity contribution < 1.29 is 14.3 Å². The topological polar surface area (TPSA) is 73.2 Å². The molecule has 1 aromatic heterocycles. The molecule has 29 heavy (non-hydrogen) atoms. The number of rotatable bonds is 6. The van der Waals surface area contributed by atoms with E-state index in [1.165, 1.54) is 0 Å². The van der Waals surface area contributed by atoms with Gasteiger partial charge in [0.15, 0.2) is 0 Å². The molecule has 0 bridgehead atoms. The van der Waals surface area contributed by atoms with E-state index < -0.39 is 0 Å². The van der Waals surface area contributed by atoms with Crippen LogP contribution >= 0.6 is 0 Å². The first-order chi connectivity index (χ1) is 14.0. The zero-order chi connectivity index (χ0) is 21.4. The van der Waals surface area contributed by atoms with Crippen molar-refractivity contribution in [1.29, 1.82) is 0 Å². The molecular weight excluding hydrogens is 366 g/mol. The van der Waals surface area contributed by atoms with Crippen LogP contribution in [0, 0.1) is 6.92 Å². The van der Waals surface area contributed by atoms with Crippen LogP contribution in [-0.4, -0.2) is 29.1 Å². The lowest BCUT2D eigenvalue weighted by molar-refractivity contribution is -0.117. The number of hydrogen-bond donors (Lipinski definition) is 1. The predicted molar refractivity (Wildman–Crippen MR) is 115 cm³/mol. The Balaban J connectivity index is 0.00000145. The maximum Gasteiger partial charge on any atom is 0.232 e. The summed E-state index contributed by atoms with van der Waals surface area (Å²) in [5.74, 6) is 0.794. The number of anilines is 1. The van der Waals surface area contributed by atoms with Crippen LogP contribution in [0.15, 0.2) is 54.7 Å². The predicted octanol–water partition coefficient (Wildman–Crippen LogP) is 4.77. The number of aryl methyl sites for hydroxylation is 1. The molecule has 0 fully saturated rings. The minimum Gasteiger partial charge on any atom is -0.496 e. The van der Waals surface area contributed by atoms with Gasteiger partial charge in [-0.1, -0.05) is 44.2 Å². The highest BCUT2D eigenvalue weighted by molar-refractivity contribution is 5.95. The smallest absolute Gasteiger partial charge is 0.232 e. The van der Waals surface area contributed by atoms with Crippen molar-refractivity contribution in [3.05, 3.63) is 71.4 Å². The summed E-state index contributed by atoms with van der Waals surface area (Å²) in [6.45, 7) is 7.78. The van der Waals surface area contributed by atoms with Crippen molar-refractivity contribution in [3.8, 4) is 11.4 Å². The number of ether oxygens (including phenoxy) is 1. The normalized spacial score (nSPS) is 11.1. The SMILES string of the molecule is CC.COc1cc(-n2nccc2NC(=O)C(C)c2ccc(C=O)cc2)ccc1C. The van der Waals surface area contributed by atoms with Gasteiger partial charge < -0.3 is 10.1 Å². The highest BCUT2D eigenvalue weighted by atomic mass is 16.5. The molecule has 2 aromatic carbocycles. The summed E-state index contributed by atoms with van der Waals surface area (Å²) in [6, 6.07) is 14.5. The zero-order valence-corrected chi connectivity index (χ0v) is 17.5. The van der Waals surface area contributed by atoms with Crippen LogP contribution in [0.2, 0.25) is 0 Å². The lowest BCUT2D eigenvalue weighted by atomic mass is 9.99. The Morgan fingerprint density at radius 3 is 2.45 bits per heavy atom. The van der Waals surface area contributed by atoms with E-state index in [9.17, 15) is 9.59 Å². The van der Waals surface area contributed by atoms with Gasteiger partial charge in [-0.3, -0.25) is 9.59 Å². The average Bonchev–Trinajstić information content (AvgIpc) is 3.23. The van der Waals surface area contributed by atoms with Gasteiger partial charge in [-0.15, -0.1) is 0 Å². The lowest BCUT2D eigenvalue weighted by Gasteiger charge is -2.15. The van der Waals surface area contributed by atoms with Crippen LogP contribution in [0.25, 0.3) is 5.69 Å². The first kappa shape index (κ1) is 21.9. The van der Waals surface area contributed by atoms with Gasteiger partial charge >= 0.3 is 0 Å². The molecule has 3 aromatic rings. The summed E-state index contributed by atoms with van der Waals surface area (Å²) in [6.07, 6.45) is 2.41. The zero-order valence-electron chi connectivity index (χ0n) is 17.5. The molecule has 0 aliphatic heterocycles. The van der Waals surface area contributed by atoms with E-state index in [0.29, 0.717) is 11.4 Å². The molecule has 0 saturated heterocycles. The first-order valence-electron chi connectivity index (χ1n) is 9.58. The third-order valence-electron chi connectivity index (χ3n) is 4.50. The third-order valence-corrected chi connectivity index (χ3v) is 4.50. The molecule has 1 atom stereocenters. The lowest BCUT2D eigenvalue weighted by Crippen LogP contribution is -2.20. The van der Waals surface area contributed by atoms with Crippen molar-refractivity contribution in [1.82, 2.24) is 9.78 Å². The molecule has 0 aliphatic rings. The maximum atomic E-state index is 12.7. The van der Waals surface area contributed by atoms with Gasteiger partial charge in [-0.05, 0) is 31.0 Å². The van der Waals surface area contributed by atoms with Gasteiger partial charge in [-0.25, -0.2) is 4.68 Å². The molecule has 1 heterocycles. The number of aldehydes is 1. The van der Waals surface area contributed by atoms with Crippen LogP contribution < -0.4 is 10.1 Å².